The maximum absolute atomic E-state index is 3.45. The van der Waals surface area contributed by atoms with Crippen molar-refractivity contribution in [2.75, 3.05) is 46.3 Å². The van der Waals surface area contributed by atoms with Crippen molar-refractivity contribution in [2.24, 2.45) is 0 Å². The molecular formula is C12H29N3. The molecule has 1 aliphatic heterocycles. The van der Waals surface area contributed by atoms with Crippen LogP contribution in [0.2, 0.25) is 0 Å². The van der Waals surface area contributed by atoms with Crippen molar-refractivity contribution in [1.82, 2.24) is 15.1 Å². The minimum atomic E-state index is 0.618. The molecule has 0 saturated carbocycles. The molecule has 0 radical (unpaired) electrons. The SMILES string of the molecule is CC.CC(C)NCCN1CCN(C)CC1. The monoisotopic (exact) mass is 215 g/mol. The van der Waals surface area contributed by atoms with Gasteiger partial charge in [0.1, 0.15) is 0 Å². The highest BCUT2D eigenvalue weighted by Gasteiger charge is 2.12. The molecular weight excluding hydrogens is 186 g/mol. The molecule has 15 heavy (non-hydrogen) atoms. The van der Waals surface area contributed by atoms with Gasteiger partial charge in [0, 0.05) is 45.3 Å². The van der Waals surface area contributed by atoms with Crippen LogP contribution in [0.15, 0.2) is 0 Å². The molecule has 92 valence electrons. The minimum absolute atomic E-state index is 0.618. The van der Waals surface area contributed by atoms with Gasteiger partial charge in [-0.1, -0.05) is 27.7 Å². The second-order valence-electron chi connectivity index (χ2n) is 4.25. The van der Waals surface area contributed by atoms with Crippen molar-refractivity contribution < 1.29 is 0 Å². The smallest absolute Gasteiger partial charge is 0.0110 e. The first-order valence-electron chi connectivity index (χ1n) is 6.33. The van der Waals surface area contributed by atoms with Crippen LogP contribution in [0.3, 0.4) is 0 Å². The predicted molar refractivity (Wildman–Crippen MR) is 68.4 cm³/mol. The largest absolute Gasteiger partial charge is 0.313 e. The molecule has 1 N–H and O–H groups in total. The van der Waals surface area contributed by atoms with Crippen molar-refractivity contribution in [3.63, 3.8) is 0 Å². The molecule has 1 heterocycles. The Hall–Kier alpha value is -0.120. The van der Waals surface area contributed by atoms with Gasteiger partial charge in [-0.25, -0.2) is 0 Å². The fraction of sp³-hybridized carbons (Fsp3) is 1.00. The van der Waals surface area contributed by atoms with Crippen molar-refractivity contribution >= 4 is 0 Å². The van der Waals surface area contributed by atoms with E-state index in [1.807, 2.05) is 13.8 Å². The van der Waals surface area contributed by atoms with Crippen LogP contribution in [-0.4, -0.2) is 62.2 Å². The fourth-order valence-electron chi connectivity index (χ4n) is 1.58. The molecule has 0 bridgehead atoms. The summed E-state index contributed by atoms with van der Waals surface area (Å²) in [5, 5.41) is 3.45. The minimum Gasteiger partial charge on any atom is -0.313 e. The summed E-state index contributed by atoms with van der Waals surface area (Å²) in [4.78, 5) is 4.93. The van der Waals surface area contributed by atoms with Crippen LogP contribution in [0.25, 0.3) is 0 Å². The molecule has 3 nitrogen and oxygen atoms in total. The summed E-state index contributed by atoms with van der Waals surface area (Å²) >= 11 is 0. The Morgan fingerprint density at radius 3 is 2.07 bits per heavy atom. The van der Waals surface area contributed by atoms with Crippen LogP contribution < -0.4 is 5.32 Å². The number of piperazine rings is 1. The van der Waals surface area contributed by atoms with Crippen LogP contribution in [0.1, 0.15) is 27.7 Å². The summed E-state index contributed by atoms with van der Waals surface area (Å²) in [7, 11) is 2.20. The number of nitrogens with one attached hydrogen (secondary N) is 1. The zero-order valence-corrected chi connectivity index (χ0v) is 11.2. The first kappa shape index (κ1) is 14.9. The zero-order valence-electron chi connectivity index (χ0n) is 11.2. The van der Waals surface area contributed by atoms with Gasteiger partial charge in [-0.2, -0.15) is 0 Å². The van der Waals surface area contributed by atoms with Crippen molar-refractivity contribution in [1.29, 1.82) is 0 Å². The summed E-state index contributed by atoms with van der Waals surface area (Å²) in [5.41, 5.74) is 0. The Bertz CT molecular complexity index is 129. The van der Waals surface area contributed by atoms with Crippen LogP contribution in [-0.2, 0) is 0 Å². The highest BCUT2D eigenvalue weighted by Crippen LogP contribution is 1.97. The van der Waals surface area contributed by atoms with Gasteiger partial charge in [-0.15, -0.1) is 0 Å². The molecule has 0 atom stereocenters. The summed E-state index contributed by atoms with van der Waals surface area (Å²) < 4.78 is 0. The highest BCUT2D eigenvalue weighted by atomic mass is 15.2. The van der Waals surface area contributed by atoms with Gasteiger partial charge >= 0.3 is 0 Å². The number of likely N-dealkylation sites (N-methyl/N-ethyl adjacent to an activating group) is 1. The molecule has 1 aliphatic rings. The van der Waals surface area contributed by atoms with E-state index < -0.39 is 0 Å². The Balaban J connectivity index is 0.000000921. The molecule has 0 spiro atoms. The van der Waals surface area contributed by atoms with E-state index in [0.717, 1.165) is 6.54 Å². The van der Waals surface area contributed by atoms with Gasteiger partial charge in [0.25, 0.3) is 0 Å². The molecule has 1 fully saturated rings. The van der Waals surface area contributed by atoms with Gasteiger partial charge in [0.15, 0.2) is 0 Å². The maximum Gasteiger partial charge on any atom is 0.0110 e. The first-order chi connectivity index (χ1) is 7.18. The molecule has 0 aliphatic carbocycles. The lowest BCUT2D eigenvalue weighted by Gasteiger charge is -2.32. The van der Waals surface area contributed by atoms with Crippen LogP contribution >= 0.6 is 0 Å². The average Bonchev–Trinajstić information content (AvgIpc) is 2.23. The molecule has 0 aromatic carbocycles. The maximum atomic E-state index is 3.45. The van der Waals surface area contributed by atoms with E-state index in [1.54, 1.807) is 0 Å². The van der Waals surface area contributed by atoms with Gasteiger partial charge in [-0.3, -0.25) is 4.90 Å². The van der Waals surface area contributed by atoms with E-state index in [2.05, 4.69) is 36.0 Å². The molecule has 3 heteroatoms. The third-order valence-electron chi connectivity index (χ3n) is 2.58. The average molecular weight is 215 g/mol. The van der Waals surface area contributed by atoms with Gasteiger partial charge < -0.3 is 10.2 Å². The van der Waals surface area contributed by atoms with E-state index in [1.165, 1.54) is 32.7 Å². The number of hydrogen-bond donors (Lipinski definition) is 1. The lowest BCUT2D eigenvalue weighted by molar-refractivity contribution is 0.154. The second kappa shape index (κ2) is 9.13. The standard InChI is InChI=1S/C10H23N3.C2H6/c1-10(2)11-4-5-13-8-6-12(3)7-9-13;1-2/h10-11H,4-9H2,1-3H3;1-2H3. The summed E-state index contributed by atoms with van der Waals surface area (Å²) in [6.45, 7) is 15.6. The Kier molecular flexibility index (Phi) is 9.06. The van der Waals surface area contributed by atoms with E-state index in [9.17, 15) is 0 Å². The lowest BCUT2D eigenvalue weighted by Crippen LogP contribution is -2.46. The normalized spacial score (nSPS) is 18.8. The first-order valence-corrected chi connectivity index (χ1v) is 6.33. The Labute approximate surface area is 95.8 Å². The topological polar surface area (TPSA) is 18.5 Å². The molecule has 0 aromatic rings. The lowest BCUT2D eigenvalue weighted by atomic mass is 10.3. The number of rotatable bonds is 4. The van der Waals surface area contributed by atoms with E-state index in [0.29, 0.717) is 6.04 Å². The highest BCUT2D eigenvalue weighted by molar-refractivity contribution is 4.70. The molecule has 0 unspecified atom stereocenters. The quantitative estimate of drug-likeness (QED) is 0.761. The number of hydrogen-bond acceptors (Lipinski definition) is 3. The van der Waals surface area contributed by atoms with E-state index in [4.69, 9.17) is 0 Å². The summed E-state index contributed by atoms with van der Waals surface area (Å²) in [5.74, 6) is 0. The third kappa shape index (κ3) is 7.77. The van der Waals surface area contributed by atoms with E-state index >= 15 is 0 Å². The van der Waals surface area contributed by atoms with Crippen molar-refractivity contribution in [3.8, 4) is 0 Å². The van der Waals surface area contributed by atoms with Crippen molar-refractivity contribution in [2.45, 2.75) is 33.7 Å². The fourth-order valence-corrected chi connectivity index (χ4v) is 1.58. The van der Waals surface area contributed by atoms with Crippen LogP contribution in [0.5, 0.6) is 0 Å². The molecule has 1 rings (SSSR count). The molecule has 1 saturated heterocycles. The van der Waals surface area contributed by atoms with Gasteiger partial charge in [0.2, 0.25) is 0 Å². The summed E-state index contributed by atoms with van der Waals surface area (Å²) in [6.07, 6.45) is 0. The Morgan fingerprint density at radius 2 is 1.60 bits per heavy atom. The van der Waals surface area contributed by atoms with Crippen molar-refractivity contribution in [3.05, 3.63) is 0 Å². The van der Waals surface area contributed by atoms with E-state index in [-0.39, 0.29) is 0 Å². The van der Waals surface area contributed by atoms with Gasteiger partial charge in [0.05, 0.1) is 0 Å². The number of nitrogens with zero attached hydrogens (tertiary/aromatic N) is 2. The summed E-state index contributed by atoms with van der Waals surface area (Å²) in [6, 6.07) is 0.618. The van der Waals surface area contributed by atoms with Crippen LogP contribution in [0.4, 0.5) is 0 Å². The van der Waals surface area contributed by atoms with Gasteiger partial charge in [-0.05, 0) is 7.05 Å². The molecule has 0 amide bonds. The zero-order chi connectivity index (χ0) is 11.7. The second-order valence-corrected chi connectivity index (χ2v) is 4.25. The Morgan fingerprint density at radius 1 is 1.07 bits per heavy atom. The third-order valence-corrected chi connectivity index (χ3v) is 2.58. The predicted octanol–water partition coefficient (Wildman–Crippen LogP) is 1.26. The van der Waals surface area contributed by atoms with Crippen LogP contribution in [0, 0.1) is 0 Å². The molecule has 0 aromatic heterocycles.